The van der Waals surface area contributed by atoms with Crippen LogP contribution in [0.2, 0.25) is 0 Å². The number of carboxylic acid groups (broad SMARTS) is 1. The van der Waals surface area contributed by atoms with Gasteiger partial charge >= 0.3 is 18.0 Å². The molecule has 2 saturated heterocycles. The number of ether oxygens (including phenoxy) is 4. The van der Waals surface area contributed by atoms with Crippen LogP contribution in [0.5, 0.6) is 11.5 Å². The summed E-state index contributed by atoms with van der Waals surface area (Å²) in [5.41, 5.74) is 0.937. The molecule has 3 aliphatic heterocycles. The Bertz CT molecular complexity index is 2430. The van der Waals surface area contributed by atoms with Crippen LogP contribution in [0.25, 0.3) is 0 Å². The van der Waals surface area contributed by atoms with Crippen LogP contribution in [-0.2, 0) is 34.0 Å². The van der Waals surface area contributed by atoms with Gasteiger partial charge in [-0.05, 0) is 76.9 Å². The van der Waals surface area contributed by atoms with Gasteiger partial charge in [-0.3, -0.25) is 19.3 Å². The molecule has 3 heterocycles. The van der Waals surface area contributed by atoms with E-state index in [0.29, 0.717) is 33.6 Å². The van der Waals surface area contributed by atoms with E-state index in [9.17, 15) is 24.6 Å². The lowest BCUT2D eigenvalue weighted by Crippen LogP contribution is -2.53. The number of anilines is 1. The zero-order chi connectivity index (χ0) is 40.6. The Kier molecular flexibility index (Phi) is 10.2. The van der Waals surface area contributed by atoms with Crippen LogP contribution >= 0.6 is 0 Å². The van der Waals surface area contributed by atoms with Gasteiger partial charge in [-0.2, -0.15) is 0 Å². The number of nitrogens with zero attached hydrogens (tertiary/aromatic N) is 2. The van der Waals surface area contributed by atoms with Crippen molar-refractivity contribution in [2.24, 2.45) is 5.92 Å². The quantitative estimate of drug-likeness (QED) is 0.103. The van der Waals surface area contributed by atoms with Gasteiger partial charge in [0.05, 0.1) is 31.5 Å². The molecule has 0 saturated carbocycles. The maximum atomic E-state index is 15.7. The molecule has 292 valence electrons. The number of phenolic OH excluding ortho intramolecular Hbond substituents is 1. The first-order valence-electron chi connectivity index (χ1n) is 18.6. The minimum Gasteiger partial charge on any atom is -0.508 e. The van der Waals surface area contributed by atoms with Crippen LogP contribution in [0, 0.1) is 17.8 Å². The van der Waals surface area contributed by atoms with E-state index >= 15 is 4.79 Å². The van der Waals surface area contributed by atoms with E-state index < -0.39 is 59.5 Å². The molecule has 0 aromatic heterocycles. The molecule has 6 unspecified atom stereocenters. The zero-order valence-electron chi connectivity index (χ0n) is 31.5. The maximum absolute atomic E-state index is 15.7. The number of methoxy groups -OCH3 is 2. The minimum atomic E-state index is -2.15. The number of phenols is 1. The number of morpholine rings is 1. The van der Waals surface area contributed by atoms with Crippen LogP contribution in [0.4, 0.5) is 10.5 Å². The van der Waals surface area contributed by atoms with Crippen molar-refractivity contribution >= 4 is 29.6 Å². The molecule has 2 amide bonds. The highest BCUT2D eigenvalue weighted by molar-refractivity contribution is 6.23. The molecule has 3 aliphatic rings. The number of amides is 2. The van der Waals surface area contributed by atoms with Gasteiger partial charge in [0.25, 0.3) is 0 Å². The largest absolute Gasteiger partial charge is 0.508 e. The van der Waals surface area contributed by atoms with E-state index in [1.165, 1.54) is 19.2 Å². The number of carbonyl (C=O) groups is 4. The van der Waals surface area contributed by atoms with E-state index in [1.54, 1.807) is 66.6 Å². The Morgan fingerprint density at radius 3 is 2.03 bits per heavy atom. The number of cyclic esters (lactones) is 1. The Morgan fingerprint density at radius 2 is 1.40 bits per heavy atom. The van der Waals surface area contributed by atoms with Crippen molar-refractivity contribution in [2.45, 2.75) is 29.6 Å². The van der Waals surface area contributed by atoms with Gasteiger partial charge in [0.1, 0.15) is 41.6 Å². The van der Waals surface area contributed by atoms with Gasteiger partial charge in [0.2, 0.25) is 5.91 Å². The summed E-state index contributed by atoms with van der Waals surface area (Å²) in [5.74, 6) is 1.83. The summed E-state index contributed by atoms with van der Waals surface area (Å²) in [6, 6.07) is 32.8. The molecule has 2 fully saturated rings. The highest BCUT2D eigenvalue weighted by Gasteiger charge is 2.76. The Labute approximate surface area is 334 Å². The molecule has 0 radical (unpaired) electrons. The molecule has 5 aromatic rings. The van der Waals surface area contributed by atoms with Crippen molar-refractivity contribution in [3.05, 3.63) is 161 Å². The maximum Gasteiger partial charge on any atom is 0.421 e. The number of hydrogen-bond donors (Lipinski definition) is 2. The van der Waals surface area contributed by atoms with Gasteiger partial charge in [0, 0.05) is 18.2 Å². The fourth-order valence-electron chi connectivity index (χ4n) is 8.70. The number of benzene rings is 5. The molecule has 0 bridgehead atoms. The van der Waals surface area contributed by atoms with Crippen LogP contribution < -0.4 is 9.64 Å². The summed E-state index contributed by atoms with van der Waals surface area (Å²) in [4.78, 5) is 61.1. The van der Waals surface area contributed by atoms with Crippen molar-refractivity contribution in [1.29, 1.82) is 0 Å². The number of rotatable bonds is 8. The molecule has 1 spiro atoms. The van der Waals surface area contributed by atoms with Gasteiger partial charge in [-0.15, -0.1) is 0 Å². The Morgan fingerprint density at radius 1 is 0.759 bits per heavy atom. The van der Waals surface area contributed by atoms with E-state index in [4.69, 9.17) is 18.9 Å². The molecule has 5 aromatic carbocycles. The van der Waals surface area contributed by atoms with E-state index in [2.05, 4.69) is 11.8 Å². The fourth-order valence-corrected chi connectivity index (χ4v) is 8.70. The minimum absolute atomic E-state index is 0.0425. The number of fused-ring (bicyclic) bond motifs is 3. The van der Waals surface area contributed by atoms with Crippen LogP contribution in [-0.4, -0.2) is 72.5 Å². The zero-order valence-corrected chi connectivity index (χ0v) is 31.5. The summed E-state index contributed by atoms with van der Waals surface area (Å²) in [6.07, 6.45) is -1.98. The van der Waals surface area contributed by atoms with Crippen molar-refractivity contribution in [3.8, 4) is 23.3 Å². The Hall–Kier alpha value is -6.94. The first-order chi connectivity index (χ1) is 28.2. The molecule has 2 N–H and O–H groups in total. The molecule has 58 heavy (non-hydrogen) atoms. The topological polar surface area (TPSA) is 152 Å². The summed E-state index contributed by atoms with van der Waals surface area (Å²) in [6.45, 7) is -0.145. The average Bonchev–Trinajstić information content (AvgIpc) is 3.70. The summed E-state index contributed by atoms with van der Waals surface area (Å²) in [5, 5.41) is 21.9. The Balaban J connectivity index is 1.41. The lowest BCUT2D eigenvalue weighted by molar-refractivity contribution is -0.179. The van der Waals surface area contributed by atoms with E-state index in [1.807, 2.05) is 60.7 Å². The van der Waals surface area contributed by atoms with Gasteiger partial charge in [-0.1, -0.05) is 84.6 Å². The second-order valence-electron chi connectivity index (χ2n) is 14.2. The molecule has 8 rings (SSSR count). The molecular weight excluding hydrogens is 741 g/mol. The molecular formula is C46H38N2O10. The van der Waals surface area contributed by atoms with Crippen molar-refractivity contribution in [3.63, 3.8) is 0 Å². The lowest BCUT2D eigenvalue weighted by Gasteiger charge is -2.46. The molecule has 12 heteroatoms. The molecule has 12 nitrogen and oxygen atoms in total. The lowest BCUT2D eigenvalue weighted by atomic mass is 9.65. The average molecular weight is 779 g/mol. The summed E-state index contributed by atoms with van der Waals surface area (Å²) < 4.78 is 22.2. The predicted molar refractivity (Wildman–Crippen MR) is 210 cm³/mol. The van der Waals surface area contributed by atoms with E-state index in [-0.39, 0.29) is 30.2 Å². The standard InChI is InChI=1S/C46H38N2O10/c1-55-25-26-57-45(54)47-36-24-17-29(14-13-28-15-22-34(56-2)23-16-28)27-35(36)46(44(47)53)37(42(50)51)39-43(52)58-40(31-11-7-4-8-12-31)38(30-9-5-3-6-10-30)48(39)41(46)32-18-20-33(49)21-19-32/h3-12,15-24,27,37-41,49H,25-26H2,1-2H3,(H,50,51). The summed E-state index contributed by atoms with van der Waals surface area (Å²) in [7, 11) is 3.00. The number of hydrogen-bond acceptors (Lipinski definition) is 10. The first kappa shape index (κ1) is 38.0. The number of imide groups is 1. The first-order valence-corrected chi connectivity index (χ1v) is 18.6. The number of aliphatic carboxylic acids is 1. The normalized spacial score (nSPS) is 23.3. The summed E-state index contributed by atoms with van der Waals surface area (Å²) >= 11 is 0. The highest BCUT2D eigenvalue weighted by atomic mass is 16.6. The van der Waals surface area contributed by atoms with Crippen molar-refractivity contribution < 1.29 is 48.3 Å². The number of aromatic hydroxyl groups is 1. The molecule has 0 aliphatic carbocycles. The fraction of sp³-hybridized carbons (Fsp3) is 0.217. The third-order valence-electron chi connectivity index (χ3n) is 11.1. The second kappa shape index (κ2) is 15.5. The number of carboxylic acids is 1. The van der Waals surface area contributed by atoms with Crippen LogP contribution in [0.1, 0.15) is 51.6 Å². The molecule has 6 atom stereocenters. The third kappa shape index (κ3) is 6.31. The van der Waals surface area contributed by atoms with Gasteiger partial charge in [-0.25, -0.2) is 9.69 Å². The number of carbonyl (C=O) groups excluding carboxylic acids is 3. The van der Waals surface area contributed by atoms with Crippen LogP contribution in [0.15, 0.2) is 127 Å². The monoisotopic (exact) mass is 778 g/mol. The predicted octanol–water partition coefficient (Wildman–Crippen LogP) is 6.33. The highest BCUT2D eigenvalue weighted by Crippen LogP contribution is 2.66. The van der Waals surface area contributed by atoms with Crippen molar-refractivity contribution in [1.82, 2.24) is 4.90 Å². The second-order valence-corrected chi connectivity index (χ2v) is 14.2. The van der Waals surface area contributed by atoms with Gasteiger partial charge < -0.3 is 29.2 Å². The smallest absolute Gasteiger partial charge is 0.421 e. The van der Waals surface area contributed by atoms with E-state index in [0.717, 1.165) is 4.90 Å². The number of esters is 1. The van der Waals surface area contributed by atoms with Crippen LogP contribution in [0.3, 0.4) is 0 Å². The third-order valence-corrected chi connectivity index (χ3v) is 11.1. The van der Waals surface area contributed by atoms with Gasteiger partial charge in [0.15, 0.2) is 0 Å². The van der Waals surface area contributed by atoms with Crippen molar-refractivity contribution in [2.75, 3.05) is 32.3 Å². The SMILES string of the molecule is COCCOC(=O)N1C(=O)C2(c3cc(C#Cc4ccc(OC)cc4)ccc31)C(C(=O)O)C1C(=O)OC(c3ccccc3)C(c3ccccc3)N1C2c1ccc(O)cc1.